The Labute approximate surface area is 224 Å². The van der Waals surface area contributed by atoms with Gasteiger partial charge in [-0.15, -0.1) is 0 Å². The third-order valence-corrected chi connectivity index (χ3v) is 6.36. The molecule has 1 amide bonds. The number of anilines is 1. The van der Waals surface area contributed by atoms with Crippen LogP contribution in [0.15, 0.2) is 23.4 Å². The minimum atomic E-state index is -4.95. The summed E-state index contributed by atoms with van der Waals surface area (Å²) in [5.74, 6) is -0.235. The summed E-state index contributed by atoms with van der Waals surface area (Å²) >= 11 is 0. The molecule has 0 saturated carbocycles. The number of hydrogen-bond donors (Lipinski definition) is 1. The molecule has 19 heteroatoms. The number of ether oxygens (including phenoxy) is 1. The van der Waals surface area contributed by atoms with E-state index in [2.05, 4.69) is 20.2 Å². The lowest BCUT2D eigenvalue weighted by atomic mass is 9.61. The molecule has 0 aliphatic carbocycles. The van der Waals surface area contributed by atoms with Crippen molar-refractivity contribution in [3.8, 4) is 0 Å². The van der Waals surface area contributed by atoms with Crippen LogP contribution in [-0.2, 0) is 21.9 Å². The molecule has 1 aliphatic heterocycles. The van der Waals surface area contributed by atoms with E-state index in [0.717, 1.165) is 10.9 Å². The average molecular weight is 568 g/mol. The molecule has 4 rings (SSSR count). The fourth-order valence-corrected chi connectivity index (χ4v) is 4.07. The Bertz CT molecular complexity index is 1420. The molecule has 0 aromatic carbocycles. The molecule has 1 fully saturated rings. The number of hydrogen-bond acceptors (Lipinski definition) is 8. The lowest BCUT2D eigenvalue weighted by Gasteiger charge is -2.36. The highest BCUT2D eigenvalue weighted by Gasteiger charge is 2.40. The van der Waals surface area contributed by atoms with Crippen LogP contribution in [0.4, 0.5) is 32.3 Å². The molecule has 1 unspecified atom stereocenters. The maximum absolute atomic E-state index is 13.5. The molecule has 210 valence electrons. The molecule has 1 aliphatic rings. The maximum atomic E-state index is 13.5. The molecule has 4 radical (unpaired) electrons. The van der Waals surface area contributed by atoms with Crippen molar-refractivity contribution in [3.05, 3.63) is 40.2 Å². The molecular formula is C21H20B2F6N8O3. The van der Waals surface area contributed by atoms with Crippen molar-refractivity contribution < 1.29 is 35.9 Å². The molecule has 0 bridgehead atoms. The van der Waals surface area contributed by atoms with Crippen molar-refractivity contribution in [3.63, 3.8) is 0 Å². The molecule has 3 aromatic rings. The first-order valence-electron chi connectivity index (χ1n) is 11.8. The number of aromatic amines is 1. The smallest absolute Gasteiger partial charge is 0.392 e. The van der Waals surface area contributed by atoms with Crippen molar-refractivity contribution in [2.45, 2.75) is 37.1 Å². The summed E-state index contributed by atoms with van der Waals surface area (Å²) < 4.78 is 84.8. The third-order valence-electron chi connectivity index (χ3n) is 6.36. The summed E-state index contributed by atoms with van der Waals surface area (Å²) in [6.07, 6.45) is -7.32. The number of aromatic nitrogens is 6. The topological polar surface area (TPSA) is 122 Å². The van der Waals surface area contributed by atoms with E-state index < -0.39 is 46.0 Å². The van der Waals surface area contributed by atoms with Gasteiger partial charge >= 0.3 is 12.4 Å². The number of alkyl halides is 6. The van der Waals surface area contributed by atoms with Gasteiger partial charge in [0.1, 0.15) is 21.1 Å². The number of amides is 1. The van der Waals surface area contributed by atoms with E-state index in [0.29, 0.717) is 12.4 Å². The van der Waals surface area contributed by atoms with E-state index in [4.69, 9.17) is 20.4 Å². The van der Waals surface area contributed by atoms with Crippen LogP contribution in [0.1, 0.15) is 30.6 Å². The Balaban J connectivity index is 1.33. The van der Waals surface area contributed by atoms with E-state index >= 15 is 0 Å². The quantitative estimate of drug-likeness (QED) is 0.334. The highest BCUT2D eigenvalue weighted by molar-refractivity contribution is 6.39. The van der Waals surface area contributed by atoms with Crippen LogP contribution >= 0.6 is 0 Å². The second kappa shape index (κ2) is 10.7. The van der Waals surface area contributed by atoms with Gasteiger partial charge in [0.2, 0.25) is 11.9 Å². The fraction of sp³-hybridized carbons (Fsp3) is 0.524. The zero-order valence-electron chi connectivity index (χ0n) is 20.8. The molecule has 1 saturated heterocycles. The summed E-state index contributed by atoms with van der Waals surface area (Å²) in [4.78, 5) is 35.3. The van der Waals surface area contributed by atoms with Gasteiger partial charge in [0.05, 0.1) is 36.3 Å². The van der Waals surface area contributed by atoms with Crippen LogP contribution < -0.4 is 10.5 Å². The molecule has 1 N–H and O–H groups in total. The summed E-state index contributed by atoms with van der Waals surface area (Å²) in [7, 11) is 12.0. The van der Waals surface area contributed by atoms with E-state index in [-0.39, 0.29) is 56.6 Å². The normalized spacial score (nSPS) is 16.0. The van der Waals surface area contributed by atoms with Gasteiger partial charge in [0, 0.05) is 44.0 Å². The first-order chi connectivity index (χ1) is 18.6. The zero-order valence-corrected chi connectivity index (χ0v) is 20.8. The largest absolute Gasteiger partial charge is 0.435 e. The Morgan fingerprint density at radius 2 is 1.68 bits per heavy atom. The number of H-pyrrole nitrogens is 1. The number of nitrogens with zero attached hydrogens (tertiary/aromatic N) is 7. The lowest BCUT2D eigenvalue weighted by Crippen LogP contribution is -2.49. The van der Waals surface area contributed by atoms with Crippen LogP contribution in [0, 0.1) is 0 Å². The van der Waals surface area contributed by atoms with Crippen molar-refractivity contribution >= 4 is 38.5 Å². The summed E-state index contributed by atoms with van der Waals surface area (Å²) in [5.41, 5.74) is -3.77. The Morgan fingerprint density at radius 1 is 1.05 bits per heavy atom. The maximum Gasteiger partial charge on any atom is 0.435 e. The highest BCUT2D eigenvalue weighted by atomic mass is 19.4. The second-order valence-corrected chi connectivity index (χ2v) is 9.02. The van der Waals surface area contributed by atoms with Crippen LogP contribution in [0.25, 0.3) is 10.9 Å². The molecule has 40 heavy (non-hydrogen) atoms. The minimum Gasteiger partial charge on any atom is -0.392 e. The molecular weight excluding hydrogens is 548 g/mol. The monoisotopic (exact) mass is 568 g/mol. The number of carbonyl (C=O) groups excluding carboxylic acids is 1. The minimum absolute atomic E-state index is 0.102. The van der Waals surface area contributed by atoms with Crippen LogP contribution in [-0.4, -0.2) is 94.6 Å². The molecule has 11 nitrogen and oxygen atoms in total. The van der Waals surface area contributed by atoms with Crippen molar-refractivity contribution in [1.82, 2.24) is 34.8 Å². The van der Waals surface area contributed by atoms with E-state index in [1.54, 1.807) is 4.90 Å². The average Bonchev–Trinajstić information content (AvgIpc) is 3.29. The number of rotatable bonds is 7. The van der Waals surface area contributed by atoms with Gasteiger partial charge < -0.3 is 14.5 Å². The zero-order chi connectivity index (χ0) is 29.5. The Hall–Kier alpha value is -3.63. The summed E-state index contributed by atoms with van der Waals surface area (Å²) in [6, 6.07) is -1.22. The SMILES string of the molecule is [B]C([B])(OCCC(=O)N1CCN(c2ncc(C(F)(F)F)cn2)CC1)C(C)n1nc(C(F)(F)F)c2c(=O)[nH]ncc21. The second-order valence-electron chi connectivity index (χ2n) is 9.02. The van der Waals surface area contributed by atoms with Gasteiger partial charge in [-0.05, 0) is 6.92 Å². The fourth-order valence-electron chi connectivity index (χ4n) is 4.07. The Morgan fingerprint density at radius 3 is 2.25 bits per heavy atom. The van der Waals surface area contributed by atoms with Gasteiger partial charge in [-0.25, -0.2) is 15.1 Å². The summed E-state index contributed by atoms with van der Waals surface area (Å²) in [5, 5.41) is 6.11. The number of carbonyl (C=O) groups is 1. The molecule has 0 spiro atoms. The van der Waals surface area contributed by atoms with Gasteiger partial charge in [-0.3, -0.25) is 14.3 Å². The van der Waals surface area contributed by atoms with Gasteiger partial charge in [-0.1, -0.05) is 0 Å². The van der Waals surface area contributed by atoms with Gasteiger partial charge in [0.25, 0.3) is 5.56 Å². The molecule has 3 aromatic heterocycles. The number of piperazine rings is 1. The van der Waals surface area contributed by atoms with Crippen molar-refractivity contribution in [2.24, 2.45) is 0 Å². The van der Waals surface area contributed by atoms with E-state index in [1.165, 1.54) is 11.8 Å². The van der Waals surface area contributed by atoms with Crippen LogP contribution in [0.2, 0.25) is 0 Å². The first kappa shape index (κ1) is 29.4. The molecule has 4 heterocycles. The first-order valence-corrected chi connectivity index (χ1v) is 11.8. The van der Waals surface area contributed by atoms with Gasteiger partial charge in [0.15, 0.2) is 5.69 Å². The van der Waals surface area contributed by atoms with Gasteiger partial charge in [-0.2, -0.15) is 36.5 Å². The third kappa shape index (κ3) is 6.08. The highest BCUT2D eigenvalue weighted by Crippen LogP contribution is 2.34. The van der Waals surface area contributed by atoms with E-state index in [9.17, 15) is 35.9 Å². The standard InChI is InChI=1S/C21H20B2F6N8O3/c1-11(37-13-10-32-33-17(39)15(13)16(34-37)21(27,28)29)19(22,23)40-7-2-14(38)35-3-5-36(6-4-35)18-30-8-12(9-31-18)20(24,25)26/h8-11H,2-7H2,1H3,(H,33,39). The van der Waals surface area contributed by atoms with Crippen molar-refractivity contribution in [1.29, 1.82) is 0 Å². The van der Waals surface area contributed by atoms with Crippen LogP contribution in [0.3, 0.4) is 0 Å². The lowest BCUT2D eigenvalue weighted by molar-refractivity contribution is -0.140. The molecule has 1 atom stereocenters. The van der Waals surface area contributed by atoms with Crippen molar-refractivity contribution in [2.75, 3.05) is 37.7 Å². The van der Waals surface area contributed by atoms with E-state index in [1.807, 2.05) is 5.10 Å². The van der Waals surface area contributed by atoms with Crippen LogP contribution in [0.5, 0.6) is 0 Å². The number of fused-ring (bicyclic) bond motifs is 1. The number of halogens is 6. The predicted octanol–water partition coefficient (Wildman–Crippen LogP) is 1.25. The number of nitrogens with one attached hydrogen (secondary N) is 1. The Kier molecular flexibility index (Phi) is 7.88. The predicted molar refractivity (Wildman–Crippen MR) is 128 cm³/mol. The summed E-state index contributed by atoms with van der Waals surface area (Å²) in [6.45, 7) is 2.05.